The zero-order chi connectivity index (χ0) is 15.5. The highest BCUT2D eigenvalue weighted by atomic mass is 32.2. The second-order valence-electron chi connectivity index (χ2n) is 6.44. The molecule has 1 atom stereocenters. The Morgan fingerprint density at radius 3 is 2.67 bits per heavy atom. The smallest absolute Gasteiger partial charge is 0.282 e. The summed E-state index contributed by atoms with van der Waals surface area (Å²) in [5.74, 6) is 0.442. The molecule has 1 aliphatic carbocycles. The van der Waals surface area contributed by atoms with Crippen LogP contribution < -0.4 is 5.32 Å². The van der Waals surface area contributed by atoms with Gasteiger partial charge >= 0.3 is 0 Å². The summed E-state index contributed by atoms with van der Waals surface area (Å²) in [5, 5.41) is 3.52. The minimum atomic E-state index is -3.35. The molecule has 2 aliphatic rings. The van der Waals surface area contributed by atoms with E-state index in [1.54, 1.807) is 4.31 Å². The number of nitrogens with one attached hydrogen (secondary N) is 1. The monoisotopic (exact) mass is 315 g/mol. The van der Waals surface area contributed by atoms with E-state index in [1.807, 2.05) is 13.8 Å². The maximum absolute atomic E-state index is 12.7. The Bertz CT molecular complexity index is 460. The van der Waals surface area contributed by atoms with Gasteiger partial charge in [0.1, 0.15) is 0 Å². The lowest BCUT2D eigenvalue weighted by Crippen LogP contribution is -2.49. The number of hydrogen-bond donors (Lipinski definition) is 1. The van der Waals surface area contributed by atoms with Crippen LogP contribution in [0.5, 0.6) is 0 Å². The molecule has 1 aliphatic heterocycles. The largest absolute Gasteiger partial charge is 0.314 e. The van der Waals surface area contributed by atoms with Gasteiger partial charge in [-0.3, -0.25) is 0 Å². The molecule has 0 bridgehead atoms. The van der Waals surface area contributed by atoms with Gasteiger partial charge in [0.05, 0.1) is 0 Å². The van der Waals surface area contributed by atoms with Gasteiger partial charge in [0.15, 0.2) is 0 Å². The van der Waals surface area contributed by atoms with E-state index in [-0.39, 0.29) is 0 Å². The van der Waals surface area contributed by atoms with E-state index in [0.717, 1.165) is 25.0 Å². The van der Waals surface area contributed by atoms with Crippen molar-refractivity contribution in [3.8, 4) is 0 Å². The van der Waals surface area contributed by atoms with Crippen LogP contribution in [0.4, 0.5) is 0 Å². The fourth-order valence-corrected chi connectivity index (χ4v) is 4.64. The van der Waals surface area contributed by atoms with Crippen molar-refractivity contribution in [1.29, 1.82) is 0 Å². The fourth-order valence-electron chi connectivity index (χ4n) is 2.84. The molecule has 1 N–H and O–H groups in total. The highest BCUT2D eigenvalue weighted by Crippen LogP contribution is 2.23. The number of likely N-dealkylation sites (N-methyl/N-ethyl adjacent to an activating group) is 1. The molecule has 0 aromatic heterocycles. The lowest BCUT2D eigenvalue weighted by atomic mass is 10.00. The van der Waals surface area contributed by atoms with Crippen molar-refractivity contribution < 1.29 is 8.42 Å². The molecule has 1 saturated heterocycles. The van der Waals surface area contributed by atoms with Crippen molar-refractivity contribution in [2.75, 3.05) is 32.7 Å². The molecular weight excluding hydrogens is 286 g/mol. The predicted molar refractivity (Wildman–Crippen MR) is 86.3 cm³/mol. The molecule has 21 heavy (non-hydrogen) atoms. The van der Waals surface area contributed by atoms with Gasteiger partial charge in [-0.15, -0.1) is 0 Å². The standard InChI is InChI=1S/C15H29N3O2S/c1-4-17(11-13(2)3)21(19,20)18-9-5-6-14(12-18)10-16-15-7-8-15/h14-16H,2,4-12H2,1,3H3. The number of piperidine rings is 1. The molecule has 0 aromatic carbocycles. The Morgan fingerprint density at radius 1 is 1.38 bits per heavy atom. The maximum atomic E-state index is 12.7. The first-order valence-electron chi connectivity index (χ1n) is 8.06. The first kappa shape index (κ1) is 16.9. The van der Waals surface area contributed by atoms with Gasteiger partial charge < -0.3 is 5.32 Å². The molecule has 6 heteroatoms. The summed E-state index contributed by atoms with van der Waals surface area (Å²) in [4.78, 5) is 0. The molecule has 2 rings (SSSR count). The summed E-state index contributed by atoms with van der Waals surface area (Å²) in [6.45, 7) is 10.8. The average Bonchev–Trinajstić information content (AvgIpc) is 3.26. The zero-order valence-electron chi connectivity index (χ0n) is 13.3. The second-order valence-corrected chi connectivity index (χ2v) is 8.37. The highest BCUT2D eigenvalue weighted by Gasteiger charge is 2.33. The Hall–Kier alpha value is -0.430. The van der Waals surface area contributed by atoms with Crippen molar-refractivity contribution >= 4 is 10.2 Å². The summed E-state index contributed by atoms with van der Waals surface area (Å²) in [6.07, 6.45) is 4.63. The van der Waals surface area contributed by atoms with Crippen LogP contribution >= 0.6 is 0 Å². The summed E-state index contributed by atoms with van der Waals surface area (Å²) in [7, 11) is -3.35. The van der Waals surface area contributed by atoms with Gasteiger partial charge in [0.2, 0.25) is 0 Å². The van der Waals surface area contributed by atoms with E-state index in [1.165, 1.54) is 17.1 Å². The summed E-state index contributed by atoms with van der Waals surface area (Å²) in [6, 6.07) is 0.688. The van der Waals surface area contributed by atoms with Crippen molar-refractivity contribution in [2.45, 2.75) is 45.6 Å². The molecule has 122 valence electrons. The lowest BCUT2D eigenvalue weighted by molar-refractivity contribution is 0.244. The van der Waals surface area contributed by atoms with Crippen molar-refractivity contribution in [3.05, 3.63) is 12.2 Å². The highest BCUT2D eigenvalue weighted by molar-refractivity contribution is 7.86. The quantitative estimate of drug-likeness (QED) is 0.692. The van der Waals surface area contributed by atoms with Crippen LogP contribution in [0, 0.1) is 5.92 Å². The summed E-state index contributed by atoms with van der Waals surface area (Å²) >= 11 is 0. The third-order valence-electron chi connectivity index (χ3n) is 4.21. The van der Waals surface area contributed by atoms with Crippen molar-refractivity contribution in [2.24, 2.45) is 5.92 Å². The SMILES string of the molecule is C=C(C)CN(CC)S(=O)(=O)N1CCCC(CNC2CC2)C1. The van der Waals surface area contributed by atoms with E-state index in [0.29, 0.717) is 38.1 Å². The number of hydrogen-bond acceptors (Lipinski definition) is 3. The van der Waals surface area contributed by atoms with Crippen LogP contribution in [0.1, 0.15) is 39.5 Å². The molecule has 0 radical (unpaired) electrons. The topological polar surface area (TPSA) is 52.7 Å². The van der Waals surface area contributed by atoms with Gasteiger partial charge in [0.25, 0.3) is 10.2 Å². The maximum Gasteiger partial charge on any atom is 0.282 e. The van der Waals surface area contributed by atoms with Crippen LogP contribution in [0.2, 0.25) is 0 Å². The summed E-state index contributed by atoms with van der Waals surface area (Å²) < 4.78 is 28.7. The van der Waals surface area contributed by atoms with Crippen LogP contribution in [0.15, 0.2) is 12.2 Å². The van der Waals surface area contributed by atoms with Crippen molar-refractivity contribution in [1.82, 2.24) is 13.9 Å². The Balaban J connectivity index is 1.94. The van der Waals surface area contributed by atoms with Gasteiger partial charge in [-0.2, -0.15) is 17.0 Å². The molecule has 2 fully saturated rings. The Kier molecular flexibility index (Phi) is 5.82. The predicted octanol–water partition coefficient (Wildman–Crippen LogP) is 1.59. The van der Waals surface area contributed by atoms with E-state index in [4.69, 9.17) is 0 Å². The molecule has 5 nitrogen and oxygen atoms in total. The lowest BCUT2D eigenvalue weighted by Gasteiger charge is -2.35. The third-order valence-corrected chi connectivity index (χ3v) is 6.23. The van der Waals surface area contributed by atoms with Gasteiger partial charge in [-0.1, -0.05) is 19.1 Å². The van der Waals surface area contributed by atoms with Crippen LogP contribution in [-0.2, 0) is 10.2 Å². The average molecular weight is 315 g/mol. The molecule has 1 unspecified atom stereocenters. The van der Waals surface area contributed by atoms with E-state index < -0.39 is 10.2 Å². The molecule has 1 saturated carbocycles. The third kappa shape index (κ3) is 4.77. The first-order valence-corrected chi connectivity index (χ1v) is 9.46. The molecule has 0 aromatic rings. The normalized spacial score (nSPS) is 24.4. The van der Waals surface area contributed by atoms with Gasteiger partial charge in [-0.25, -0.2) is 0 Å². The van der Waals surface area contributed by atoms with Gasteiger partial charge in [0, 0.05) is 32.2 Å². The minimum Gasteiger partial charge on any atom is -0.314 e. The van der Waals surface area contributed by atoms with E-state index in [9.17, 15) is 8.42 Å². The van der Waals surface area contributed by atoms with Crippen LogP contribution in [0.3, 0.4) is 0 Å². The molecule has 1 heterocycles. The first-order chi connectivity index (χ1) is 9.93. The molecule has 0 spiro atoms. The van der Waals surface area contributed by atoms with Crippen molar-refractivity contribution in [3.63, 3.8) is 0 Å². The van der Waals surface area contributed by atoms with Crippen LogP contribution in [-0.4, -0.2) is 55.8 Å². The summed E-state index contributed by atoms with van der Waals surface area (Å²) in [5.41, 5.74) is 0.879. The van der Waals surface area contributed by atoms with Crippen LogP contribution in [0.25, 0.3) is 0 Å². The molecule has 0 amide bonds. The zero-order valence-corrected chi connectivity index (χ0v) is 14.2. The second kappa shape index (κ2) is 7.22. The minimum absolute atomic E-state index is 0.417. The number of nitrogens with zero attached hydrogens (tertiary/aromatic N) is 2. The molecular formula is C15H29N3O2S. The number of rotatable bonds is 8. The Morgan fingerprint density at radius 2 is 2.10 bits per heavy atom. The van der Waals surface area contributed by atoms with E-state index in [2.05, 4.69) is 11.9 Å². The Labute approximate surface area is 129 Å². The fraction of sp³-hybridized carbons (Fsp3) is 0.867. The van der Waals surface area contributed by atoms with E-state index >= 15 is 0 Å². The van der Waals surface area contributed by atoms with Gasteiger partial charge in [-0.05, 0) is 45.1 Å².